The lowest BCUT2D eigenvalue weighted by atomic mass is 10.0. The summed E-state index contributed by atoms with van der Waals surface area (Å²) >= 11 is 2.29. The molecule has 35 heavy (non-hydrogen) atoms. The fraction of sp³-hybridized carbons (Fsp3) is 0.172. The molecular weight excluding hydrogens is 549 g/mol. The van der Waals surface area contributed by atoms with Crippen LogP contribution in [0.25, 0.3) is 22.7 Å². The van der Waals surface area contributed by atoms with Crippen molar-refractivity contribution in [1.82, 2.24) is 9.97 Å². The molecular formula is C29H26IN3O2. The van der Waals surface area contributed by atoms with E-state index in [9.17, 15) is 5.26 Å². The average molecular weight is 575 g/mol. The number of fused-ring (bicyclic) bond motifs is 1. The Morgan fingerprint density at radius 3 is 2.66 bits per heavy atom. The number of H-pyrrole nitrogens is 1. The summed E-state index contributed by atoms with van der Waals surface area (Å²) < 4.78 is 13.4. The fourth-order valence-corrected chi connectivity index (χ4v) is 4.17. The molecule has 0 fully saturated rings. The number of rotatable bonds is 9. The van der Waals surface area contributed by atoms with Crippen LogP contribution in [0.4, 0.5) is 0 Å². The fourth-order valence-electron chi connectivity index (χ4n) is 3.81. The predicted molar refractivity (Wildman–Crippen MR) is 149 cm³/mol. The van der Waals surface area contributed by atoms with Gasteiger partial charge in [0.15, 0.2) is 11.5 Å². The third-order valence-corrected chi connectivity index (χ3v) is 6.16. The number of ether oxygens (including phenoxy) is 2. The summed E-state index contributed by atoms with van der Waals surface area (Å²) in [7, 11) is 0. The Balaban J connectivity index is 1.71. The highest BCUT2D eigenvalue weighted by molar-refractivity contribution is 14.1. The van der Waals surface area contributed by atoms with E-state index in [1.165, 1.54) is 3.57 Å². The third kappa shape index (κ3) is 5.92. The predicted octanol–water partition coefficient (Wildman–Crippen LogP) is 7.25. The second-order valence-electron chi connectivity index (χ2n) is 8.12. The maximum Gasteiger partial charge on any atom is 0.165 e. The number of hydrogen-bond acceptors (Lipinski definition) is 4. The van der Waals surface area contributed by atoms with Crippen LogP contribution < -0.4 is 9.47 Å². The van der Waals surface area contributed by atoms with Crippen LogP contribution in [-0.4, -0.2) is 16.6 Å². The van der Waals surface area contributed by atoms with E-state index in [2.05, 4.69) is 69.5 Å². The van der Waals surface area contributed by atoms with Crippen LogP contribution >= 0.6 is 22.6 Å². The highest BCUT2D eigenvalue weighted by Crippen LogP contribution is 2.36. The highest BCUT2D eigenvalue weighted by atomic mass is 127. The van der Waals surface area contributed by atoms with E-state index in [0.29, 0.717) is 42.5 Å². The molecule has 4 aromatic rings. The number of halogens is 1. The molecule has 0 aliphatic carbocycles. The van der Waals surface area contributed by atoms with Crippen LogP contribution in [0.15, 0.2) is 67.3 Å². The Bertz CT molecular complexity index is 1430. The summed E-state index contributed by atoms with van der Waals surface area (Å²) in [5.74, 6) is 1.87. The van der Waals surface area contributed by atoms with Crippen molar-refractivity contribution in [2.24, 2.45) is 0 Å². The van der Waals surface area contributed by atoms with E-state index in [1.54, 1.807) is 0 Å². The lowest BCUT2D eigenvalue weighted by Crippen LogP contribution is -2.03. The van der Waals surface area contributed by atoms with Gasteiger partial charge in [0.2, 0.25) is 0 Å². The molecule has 5 nitrogen and oxygen atoms in total. The molecule has 6 heteroatoms. The number of hydrogen-bond donors (Lipinski definition) is 1. The zero-order valence-corrected chi connectivity index (χ0v) is 21.9. The summed E-state index contributed by atoms with van der Waals surface area (Å²) in [6.45, 7) is 8.80. The molecule has 3 aromatic carbocycles. The van der Waals surface area contributed by atoms with Gasteiger partial charge in [-0.15, -0.1) is 6.58 Å². The lowest BCUT2D eigenvalue weighted by Gasteiger charge is -2.17. The lowest BCUT2D eigenvalue weighted by molar-refractivity contribution is 0.267. The Morgan fingerprint density at radius 2 is 1.94 bits per heavy atom. The smallest absolute Gasteiger partial charge is 0.165 e. The minimum Gasteiger partial charge on any atom is -0.490 e. The molecule has 0 aliphatic heterocycles. The first-order valence-corrected chi connectivity index (χ1v) is 12.4. The van der Waals surface area contributed by atoms with Gasteiger partial charge in [0.25, 0.3) is 0 Å². The van der Waals surface area contributed by atoms with Gasteiger partial charge in [-0.3, -0.25) is 0 Å². The number of allylic oxidation sites excluding steroid dienone is 2. The standard InChI is InChI=1S/C29H26IN3O2/c1-4-6-22-14-21(15-23(17-31)29-32-25-12-7-19(3)13-26(25)33-29)16-27(34-5-2)28(22)35-18-20-8-10-24(30)11-9-20/h4,7-16H,1,5-6,18H2,2-3H3,(H,32,33)/b23-15-. The van der Waals surface area contributed by atoms with Crippen molar-refractivity contribution < 1.29 is 9.47 Å². The number of nitriles is 1. The number of aromatic nitrogens is 2. The second-order valence-corrected chi connectivity index (χ2v) is 9.37. The largest absolute Gasteiger partial charge is 0.490 e. The summed E-state index contributed by atoms with van der Waals surface area (Å²) in [5.41, 5.74) is 6.16. The maximum atomic E-state index is 9.90. The van der Waals surface area contributed by atoms with Gasteiger partial charge in [0, 0.05) is 9.13 Å². The van der Waals surface area contributed by atoms with Gasteiger partial charge in [-0.05, 0) is 102 Å². The van der Waals surface area contributed by atoms with Gasteiger partial charge < -0.3 is 14.5 Å². The van der Waals surface area contributed by atoms with Crippen molar-refractivity contribution in [3.63, 3.8) is 0 Å². The molecule has 0 atom stereocenters. The zero-order chi connectivity index (χ0) is 24.8. The van der Waals surface area contributed by atoms with Crippen molar-refractivity contribution in [2.75, 3.05) is 6.61 Å². The number of aryl methyl sites for hydroxylation is 1. The van der Waals surface area contributed by atoms with E-state index in [4.69, 9.17) is 9.47 Å². The highest BCUT2D eigenvalue weighted by Gasteiger charge is 2.15. The van der Waals surface area contributed by atoms with Gasteiger partial charge in [-0.1, -0.05) is 24.3 Å². The second kappa shape index (κ2) is 11.2. The minimum absolute atomic E-state index is 0.429. The molecule has 0 saturated carbocycles. The molecule has 0 bridgehead atoms. The first-order valence-electron chi connectivity index (χ1n) is 11.4. The Labute approximate surface area is 219 Å². The summed E-state index contributed by atoms with van der Waals surface area (Å²) in [4.78, 5) is 7.87. The molecule has 0 aliphatic rings. The molecule has 0 amide bonds. The SMILES string of the molecule is C=CCc1cc(/C=C(/C#N)c2nc3ccc(C)cc3[nH]2)cc(OCC)c1OCc1ccc(I)cc1. The molecule has 176 valence electrons. The average Bonchev–Trinajstić information content (AvgIpc) is 3.26. The quantitative estimate of drug-likeness (QED) is 0.130. The van der Waals surface area contributed by atoms with Crippen molar-refractivity contribution in [1.29, 1.82) is 5.26 Å². The topological polar surface area (TPSA) is 70.9 Å². The first-order chi connectivity index (χ1) is 17.0. The van der Waals surface area contributed by atoms with Crippen LogP contribution in [0.3, 0.4) is 0 Å². The van der Waals surface area contributed by atoms with Crippen LogP contribution in [0.2, 0.25) is 0 Å². The van der Waals surface area contributed by atoms with Gasteiger partial charge in [-0.25, -0.2) is 4.98 Å². The maximum absolute atomic E-state index is 9.90. The Hall–Kier alpha value is -3.57. The number of aromatic amines is 1. The van der Waals surface area contributed by atoms with E-state index in [0.717, 1.165) is 33.3 Å². The first kappa shape index (κ1) is 24.6. The number of nitrogens with zero attached hydrogens (tertiary/aromatic N) is 2. The Kier molecular flexibility index (Phi) is 7.88. The van der Waals surface area contributed by atoms with Crippen molar-refractivity contribution >= 4 is 45.3 Å². The minimum atomic E-state index is 0.429. The normalized spacial score (nSPS) is 11.3. The number of benzene rings is 3. The van der Waals surface area contributed by atoms with Crippen molar-refractivity contribution in [3.05, 3.63) is 98.9 Å². The molecule has 1 heterocycles. The van der Waals surface area contributed by atoms with Gasteiger partial charge in [0.1, 0.15) is 18.5 Å². The van der Waals surface area contributed by atoms with Gasteiger partial charge in [-0.2, -0.15) is 5.26 Å². The van der Waals surface area contributed by atoms with Crippen LogP contribution in [0.1, 0.15) is 35.0 Å². The molecule has 1 aromatic heterocycles. The van der Waals surface area contributed by atoms with Crippen molar-refractivity contribution in [2.45, 2.75) is 26.9 Å². The summed E-state index contributed by atoms with van der Waals surface area (Å²) in [6, 6.07) is 20.4. The monoisotopic (exact) mass is 575 g/mol. The zero-order valence-electron chi connectivity index (χ0n) is 19.8. The number of nitrogens with one attached hydrogen (secondary N) is 1. The van der Waals surface area contributed by atoms with Gasteiger partial charge in [0.05, 0.1) is 23.2 Å². The van der Waals surface area contributed by atoms with Crippen LogP contribution in [0, 0.1) is 21.8 Å². The Morgan fingerprint density at radius 1 is 1.14 bits per heavy atom. The molecule has 0 spiro atoms. The number of imidazole rings is 1. The van der Waals surface area contributed by atoms with E-state index < -0.39 is 0 Å². The van der Waals surface area contributed by atoms with Gasteiger partial charge >= 0.3 is 0 Å². The molecule has 0 unspecified atom stereocenters. The molecule has 1 N–H and O–H groups in total. The van der Waals surface area contributed by atoms with Crippen molar-refractivity contribution in [3.8, 4) is 17.6 Å². The molecule has 0 saturated heterocycles. The summed E-state index contributed by atoms with van der Waals surface area (Å²) in [5, 5.41) is 9.90. The van der Waals surface area contributed by atoms with E-state index in [-0.39, 0.29) is 0 Å². The molecule has 4 rings (SSSR count). The van der Waals surface area contributed by atoms with E-state index >= 15 is 0 Å². The van der Waals surface area contributed by atoms with Crippen LogP contribution in [-0.2, 0) is 13.0 Å². The third-order valence-electron chi connectivity index (χ3n) is 5.44. The summed E-state index contributed by atoms with van der Waals surface area (Å²) in [6.07, 6.45) is 4.27. The van der Waals surface area contributed by atoms with Crippen LogP contribution in [0.5, 0.6) is 11.5 Å². The molecule has 0 radical (unpaired) electrons. The van der Waals surface area contributed by atoms with E-state index in [1.807, 2.05) is 56.3 Å².